The molecule has 46 heavy (non-hydrogen) atoms. The van der Waals surface area contributed by atoms with E-state index in [1.165, 1.54) is 43.4 Å². The summed E-state index contributed by atoms with van der Waals surface area (Å²) >= 11 is 18.8. The molecule has 0 bridgehead atoms. The van der Waals surface area contributed by atoms with Gasteiger partial charge in [-0.15, -0.1) is 0 Å². The van der Waals surface area contributed by atoms with Crippen LogP contribution in [0.15, 0.2) is 102 Å². The first-order chi connectivity index (χ1) is 21.7. The molecular weight excluding hydrogens is 686 g/mol. The van der Waals surface area contributed by atoms with Crippen molar-refractivity contribution in [1.82, 2.24) is 10.2 Å². The van der Waals surface area contributed by atoms with Gasteiger partial charge < -0.3 is 10.2 Å². The highest BCUT2D eigenvalue weighted by Crippen LogP contribution is 2.37. The van der Waals surface area contributed by atoms with E-state index in [1.807, 2.05) is 0 Å². The highest BCUT2D eigenvalue weighted by atomic mass is 35.5. The average molecular weight is 713 g/mol. The Balaban J connectivity index is 1.87. The molecule has 4 aromatic rings. The first kappa shape index (κ1) is 35.1. The summed E-state index contributed by atoms with van der Waals surface area (Å²) in [4.78, 5) is 28.5. The number of nitrogens with one attached hydrogen (secondary N) is 1. The number of alkyl halides is 3. The van der Waals surface area contributed by atoms with Crippen LogP contribution in [-0.2, 0) is 38.8 Å². The Labute approximate surface area is 279 Å². The molecule has 4 rings (SSSR count). The van der Waals surface area contributed by atoms with E-state index in [9.17, 15) is 31.2 Å². The van der Waals surface area contributed by atoms with Crippen molar-refractivity contribution in [3.63, 3.8) is 0 Å². The second-order valence-corrected chi connectivity index (χ2v) is 13.2. The second kappa shape index (κ2) is 14.8. The highest BCUT2D eigenvalue weighted by molar-refractivity contribution is 7.92. The molecular formula is C32H27Cl3F3N3O4S. The number of sulfonamides is 1. The molecule has 0 fully saturated rings. The molecule has 0 spiro atoms. The van der Waals surface area contributed by atoms with Crippen LogP contribution in [0.1, 0.15) is 16.7 Å². The van der Waals surface area contributed by atoms with E-state index in [0.717, 1.165) is 11.0 Å². The highest BCUT2D eigenvalue weighted by Gasteiger charge is 2.37. The summed E-state index contributed by atoms with van der Waals surface area (Å²) in [6.45, 7) is -1.28. The number of carbonyl (C=O) groups excluding carboxylic acids is 2. The lowest BCUT2D eigenvalue weighted by atomic mass is 10.0. The van der Waals surface area contributed by atoms with E-state index >= 15 is 0 Å². The third-order valence-corrected chi connectivity index (χ3v) is 9.71. The molecule has 2 amide bonds. The topological polar surface area (TPSA) is 86.8 Å². The van der Waals surface area contributed by atoms with E-state index < -0.39 is 51.9 Å². The van der Waals surface area contributed by atoms with E-state index in [-0.39, 0.29) is 27.9 Å². The fourth-order valence-electron chi connectivity index (χ4n) is 4.67. The number of halogens is 6. The Morgan fingerprint density at radius 2 is 1.48 bits per heavy atom. The van der Waals surface area contributed by atoms with Crippen molar-refractivity contribution in [3.8, 4) is 0 Å². The smallest absolute Gasteiger partial charge is 0.357 e. The zero-order valence-corrected chi connectivity index (χ0v) is 27.2. The van der Waals surface area contributed by atoms with Crippen LogP contribution in [0.3, 0.4) is 0 Å². The van der Waals surface area contributed by atoms with Gasteiger partial charge in [0.25, 0.3) is 10.0 Å². The number of amides is 2. The number of carbonyl (C=O) groups is 2. The molecule has 0 aliphatic heterocycles. The zero-order valence-electron chi connectivity index (χ0n) is 24.1. The van der Waals surface area contributed by atoms with Crippen molar-refractivity contribution >= 4 is 62.3 Å². The third kappa shape index (κ3) is 8.33. The Hall–Kier alpha value is -3.77. The van der Waals surface area contributed by atoms with Crippen LogP contribution in [0, 0.1) is 0 Å². The maximum Gasteiger partial charge on any atom is 0.416 e. The maximum atomic E-state index is 14.3. The molecule has 0 aliphatic rings. The first-order valence-electron chi connectivity index (χ1n) is 13.7. The van der Waals surface area contributed by atoms with Crippen molar-refractivity contribution < 1.29 is 31.2 Å². The van der Waals surface area contributed by atoms with E-state index in [1.54, 1.807) is 42.5 Å². The zero-order chi connectivity index (χ0) is 33.6. The number of hydrogen-bond donors (Lipinski definition) is 1. The molecule has 1 unspecified atom stereocenters. The van der Waals surface area contributed by atoms with Gasteiger partial charge in [-0.1, -0.05) is 89.4 Å². The van der Waals surface area contributed by atoms with Crippen LogP contribution in [0.5, 0.6) is 0 Å². The van der Waals surface area contributed by atoms with Crippen LogP contribution < -0.4 is 9.62 Å². The lowest BCUT2D eigenvalue weighted by Gasteiger charge is -2.34. The first-order valence-corrected chi connectivity index (χ1v) is 16.2. The lowest BCUT2D eigenvalue weighted by molar-refractivity contribution is -0.139. The van der Waals surface area contributed by atoms with Gasteiger partial charge in [-0.25, -0.2) is 8.42 Å². The van der Waals surface area contributed by atoms with Gasteiger partial charge in [0.1, 0.15) is 12.6 Å². The van der Waals surface area contributed by atoms with E-state index in [2.05, 4.69) is 5.32 Å². The molecule has 4 aromatic carbocycles. The molecule has 0 saturated carbocycles. The van der Waals surface area contributed by atoms with Crippen LogP contribution in [-0.4, -0.2) is 44.8 Å². The van der Waals surface area contributed by atoms with Crippen molar-refractivity contribution in [3.05, 3.63) is 129 Å². The molecule has 1 N–H and O–H groups in total. The monoisotopic (exact) mass is 711 g/mol. The van der Waals surface area contributed by atoms with Gasteiger partial charge in [0.2, 0.25) is 11.8 Å². The average Bonchev–Trinajstić information content (AvgIpc) is 3.02. The van der Waals surface area contributed by atoms with E-state index in [4.69, 9.17) is 34.8 Å². The summed E-state index contributed by atoms with van der Waals surface area (Å²) in [6.07, 6.45) is -4.82. The molecule has 0 saturated heterocycles. The third-order valence-electron chi connectivity index (χ3n) is 7.03. The number of hydrogen-bond acceptors (Lipinski definition) is 4. The second-order valence-electron chi connectivity index (χ2n) is 10.1. The fourth-order valence-corrected chi connectivity index (χ4v) is 6.85. The van der Waals surface area contributed by atoms with E-state index in [0.29, 0.717) is 32.6 Å². The Morgan fingerprint density at radius 1 is 0.848 bits per heavy atom. The molecule has 14 heteroatoms. The SMILES string of the molecule is CNC(=O)C(Cc1ccccc1)N(Cc1ccc(Cl)cc1Cl)C(=O)CN(c1cc(C(F)(F)F)ccc1Cl)S(=O)(=O)c1ccccc1. The Kier molecular flexibility index (Phi) is 11.3. The molecule has 0 heterocycles. The normalized spacial score (nSPS) is 12.3. The number of nitrogens with zero attached hydrogens (tertiary/aromatic N) is 2. The van der Waals surface area contributed by atoms with Crippen molar-refractivity contribution in [2.45, 2.75) is 30.1 Å². The largest absolute Gasteiger partial charge is 0.416 e. The standard InChI is InChI=1S/C32H27Cl3F3N3O4S/c1-39-31(43)29(16-21-8-4-2-5-9-21)40(19-22-12-14-24(33)18-27(22)35)30(42)20-41(46(44,45)25-10-6-3-7-11-25)28-17-23(32(36,37)38)13-15-26(28)34/h2-15,17-18,29H,16,19-20H2,1H3,(H,39,43). The van der Waals surface area contributed by atoms with Crippen molar-refractivity contribution in [2.75, 3.05) is 17.9 Å². The molecule has 7 nitrogen and oxygen atoms in total. The maximum absolute atomic E-state index is 14.3. The Bertz CT molecular complexity index is 1810. The lowest BCUT2D eigenvalue weighted by Crippen LogP contribution is -2.53. The van der Waals surface area contributed by atoms with Crippen LogP contribution in [0.25, 0.3) is 0 Å². The number of likely N-dealkylation sites (N-methyl/N-ethyl adjacent to an activating group) is 1. The summed E-state index contributed by atoms with van der Waals surface area (Å²) in [5.41, 5.74) is -0.677. The van der Waals surface area contributed by atoms with Crippen LogP contribution in [0.4, 0.5) is 18.9 Å². The predicted octanol–water partition coefficient (Wildman–Crippen LogP) is 7.25. The molecule has 242 valence electrons. The van der Waals surface area contributed by atoms with Gasteiger partial charge in [-0.3, -0.25) is 13.9 Å². The molecule has 0 aromatic heterocycles. The number of benzene rings is 4. The quantitative estimate of drug-likeness (QED) is 0.178. The molecule has 1 atom stereocenters. The van der Waals surface area contributed by atoms with Gasteiger partial charge >= 0.3 is 6.18 Å². The summed E-state index contributed by atoms with van der Waals surface area (Å²) < 4.78 is 69.8. The van der Waals surface area contributed by atoms with Gasteiger partial charge in [0, 0.05) is 30.1 Å². The summed E-state index contributed by atoms with van der Waals surface area (Å²) in [7, 11) is -3.29. The Morgan fingerprint density at radius 3 is 2.07 bits per heavy atom. The summed E-state index contributed by atoms with van der Waals surface area (Å²) in [6, 6.07) is 21.2. The van der Waals surface area contributed by atoms with Crippen LogP contribution in [0.2, 0.25) is 15.1 Å². The molecule has 0 aliphatic carbocycles. The van der Waals surface area contributed by atoms with Crippen molar-refractivity contribution in [2.24, 2.45) is 0 Å². The van der Waals surface area contributed by atoms with Gasteiger partial charge in [0.05, 0.1) is 21.2 Å². The van der Waals surface area contributed by atoms with Gasteiger partial charge in [-0.05, 0) is 53.6 Å². The number of rotatable bonds is 11. The minimum atomic E-state index is -4.84. The molecule has 0 radical (unpaired) electrons. The minimum Gasteiger partial charge on any atom is -0.357 e. The fraction of sp³-hybridized carbons (Fsp3) is 0.188. The van der Waals surface area contributed by atoms with Crippen LogP contribution >= 0.6 is 34.8 Å². The van der Waals surface area contributed by atoms with Gasteiger partial charge in [-0.2, -0.15) is 13.2 Å². The van der Waals surface area contributed by atoms with Crippen molar-refractivity contribution in [1.29, 1.82) is 0 Å². The summed E-state index contributed by atoms with van der Waals surface area (Å²) in [5.74, 6) is -1.49. The predicted molar refractivity (Wildman–Crippen MR) is 172 cm³/mol. The minimum absolute atomic E-state index is 0.0210. The summed E-state index contributed by atoms with van der Waals surface area (Å²) in [5, 5.41) is 2.69. The van der Waals surface area contributed by atoms with Gasteiger partial charge in [0.15, 0.2) is 0 Å². The number of anilines is 1.